The van der Waals surface area contributed by atoms with Crippen molar-refractivity contribution in [3.05, 3.63) is 35.7 Å². The molecule has 408 valence electrons. The third-order valence-corrected chi connectivity index (χ3v) is 15.2. The lowest BCUT2D eigenvalue weighted by Crippen LogP contribution is -2.58. The van der Waals surface area contributed by atoms with Gasteiger partial charge in [0, 0.05) is 112 Å². The number of piperidine rings is 4. The molecule has 6 saturated heterocycles. The molecule has 6 fully saturated rings. The van der Waals surface area contributed by atoms with Crippen molar-refractivity contribution in [1.82, 2.24) is 49.7 Å². The number of carbonyl (C=O) groups is 3. The number of nitrogens with one attached hydrogen (secondary N) is 3. The monoisotopic (exact) mass is 1040 g/mol. The average molecular weight is 1040 g/mol. The van der Waals surface area contributed by atoms with Crippen LogP contribution in [0.25, 0.3) is 0 Å². The summed E-state index contributed by atoms with van der Waals surface area (Å²) in [5, 5.41) is 18.1. The van der Waals surface area contributed by atoms with Crippen molar-refractivity contribution in [1.29, 1.82) is 0 Å². The van der Waals surface area contributed by atoms with Gasteiger partial charge in [0.05, 0.1) is 26.4 Å². The Labute approximate surface area is 440 Å². The molecule has 75 heavy (non-hydrogen) atoms. The van der Waals surface area contributed by atoms with Crippen LogP contribution in [0, 0.1) is 13.8 Å². The van der Waals surface area contributed by atoms with Crippen molar-refractivity contribution in [2.24, 2.45) is 0 Å². The Morgan fingerprint density at radius 2 is 1.13 bits per heavy atom. The second-order valence-electron chi connectivity index (χ2n) is 22.0. The maximum atomic E-state index is 12.7. The summed E-state index contributed by atoms with van der Waals surface area (Å²) in [5.74, 6) is 4.94. The molecular formula is C53H78N14O8. The van der Waals surface area contributed by atoms with Gasteiger partial charge in [0.1, 0.15) is 29.4 Å². The fraction of sp³-hybridized carbons (Fsp3) is 0.679. The lowest BCUT2D eigenvalue weighted by Gasteiger charge is -2.50. The zero-order valence-corrected chi connectivity index (χ0v) is 45.3. The van der Waals surface area contributed by atoms with Gasteiger partial charge >= 0.3 is 6.09 Å². The normalized spacial score (nSPS) is 25.2. The number of fused-ring (bicyclic) bond motifs is 4. The van der Waals surface area contributed by atoms with Gasteiger partial charge in [-0.2, -0.15) is 29.7 Å². The zero-order chi connectivity index (χ0) is 53.0. The molecule has 6 aliphatic heterocycles. The molecular weight excluding hydrogens is 961 g/mol. The minimum absolute atomic E-state index is 0.00353. The zero-order valence-electron chi connectivity index (χ0n) is 45.3. The number of hydrogen-bond donors (Lipinski definition) is 3. The fourth-order valence-corrected chi connectivity index (χ4v) is 11.6. The van der Waals surface area contributed by atoms with Crippen LogP contribution >= 0.6 is 0 Å². The van der Waals surface area contributed by atoms with Crippen LogP contribution in [0.4, 0.5) is 40.0 Å². The fourth-order valence-electron chi connectivity index (χ4n) is 11.6. The predicted octanol–water partition coefficient (Wildman–Crippen LogP) is 7.61. The van der Waals surface area contributed by atoms with Crippen molar-refractivity contribution in [3.8, 4) is 11.8 Å². The van der Waals surface area contributed by atoms with Crippen LogP contribution in [0.15, 0.2) is 24.3 Å². The molecule has 4 bridgehead atoms. The average Bonchev–Trinajstić information content (AvgIpc) is 4.22. The van der Waals surface area contributed by atoms with Crippen LogP contribution in [0.2, 0.25) is 0 Å². The highest BCUT2D eigenvalue weighted by Crippen LogP contribution is 2.39. The van der Waals surface area contributed by atoms with Crippen molar-refractivity contribution in [2.75, 3.05) is 61.0 Å². The quantitative estimate of drug-likeness (QED) is 0.110. The molecule has 0 aliphatic carbocycles. The number of rotatable bonds is 14. The number of carbonyl (C=O) groups excluding carboxylic acids is 3. The molecule has 4 aromatic rings. The van der Waals surface area contributed by atoms with Gasteiger partial charge in [-0.3, -0.25) is 14.7 Å². The molecule has 22 nitrogen and oxygen atoms in total. The number of H-pyrrole nitrogens is 1. The molecule has 0 spiro atoms. The largest absolute Gasteiger partial charge is 0.472 e. The minimum atomic E-state index is -0.635. The van der Waals surface area contributed by atoms with Gasteiger partial charge in [-0.05, 0) is 98.8 Å². The number of hydrogen-bond acceptors (Lipinski definition) is 18. The van der Waals surface area contributed by atoms with E-state index in [0.29, 0.717) is 104 Å². The molecule has 8 atom stereocenters. The second-order valence-corrected chi connectivity index (χ2v) is 22.0. The van der Waals surface area contributed by atoms with Gasteiger partial charge in [0.15, 0.2) is 11.6 Å². The Kier molecular flexibility index (Phi) is 16.6. The Morgan fingerprint density at radius 3 is 1.53 bits per heavy atom. The van der Waals surface area contributed by atoms with Crippen LogP contribution in [0.1, 0.15) is 136 Å². The Balaban J connectivity index is 0.000000187. The van der Waals surface area contributed by atoms with Crippen molar-refractivity contribution in [3.63, 3.8) is 0 Å². The first kappa shape index (κ1) is 53.5. The highest BCUT2D eigenvalue weighted by Gasteiger charge is 2.43. The maximum Gasteiger partial charge on any atom is 0.435 e. The van der Waals surface area contributed by atoms with Crippen LogP contribution in [-0.4, -0.2) is 162 Å². The molecule has 0 radical (unpaired) electrons. The molecule has 4 unspecified atom stereocenters. The number of aryl methyl sites for hydroxylation is 2. The lowest BCUT2D eigenvalue weighted by atomic mass is 9.81. The second kappa shape index (κ2) is 23.3. The minimum Gasteiger partial charge on any atom is -0.472 e. The number of aromatic nitrogens is 8. The lowest BCUT2D eigenvalue weighted by molar-refractivity contribution is -0.141. The van der Waals surface area contributed by atoms with Gasteiger partial charge in [-0.15, -0.1) is 5.10 Å². The Morgan fingerprint density at radius 1 is 0.667 bits per heavy atom. The third-order valence-electron chi connectivity index (χ3n) is 15.2. The van der Waals surface area contributed by atoms with E-state index in [4.69, 9.17) is 43.6 Å². The van der Waals surface area contributed by atoms with Gasteiger partial charge in [0.2, 0.25) is 35.5 Å². The van der Waals surface area contributed by atoms with Gasteiger partial charge in [0.25, 0.3) is 0 Å². The highest BCUT2D eigenvalue weighted by atomic mass is 16.6. The summed E-state index contributed by atoms with van der Waals surface area (Å²) in [7, 11) is 4.07. The first-order valence-electron chi connectivity index (χ1n) is 27.2. The number of aromatic amines is 1. The number of anilines is 6. The number of nitrogens with zero attached hydrogens (tertiary/aromatic N) is 11. The standard InChI is InChI=1S/C29H43N7O5.C24H35N7O3/c1-7-26(37)35-19-9-8-10-20(35)15-21(14-19)34(6)27-31-23(16-25(32-27)40-22-11-12-39-17-22)30-24-13-18(2)36(33-24)28(38)41-29(3,4)5;1-4-23(32)31-16-6-5-7-17(31)12-18(11-16)30(3)24-26-20(25-21-10-15(2)28-29-21)13-22(27-24)34-19-8-9-33-14-19/h13,16,19-22H,7-12,14-15,17H2,1-6H3,(H,30,31,32,33);10,13,16-19H,4-9,11-12,14H2,1-3H3,(H2,25,26,27,28,29)/t19-,20+,21?,22?;16-,17+,18?,19?. The summed E-state index contributed by atoms with van der Waals surface area (Å²) in [6.45, 7) is 15.6. The summed E-state index contributed by atoms with van der Waals surface area (Å²) in [6.07, 6.45) is 12.3. The molecule has 6 aliphatic rings. The first-order valence-corrected chi connectivity index (χ1v) is 27.2. The molecule has 2 amide bonds. The van der Waals surface area contributed by atoms with E-state index < -0.39 is 11.7 Å². The van der Waals surface area contributed by atoms with Crippen molar-refractivity contribution >= 4 is 53.1 Å². The predicted molar refractivity (Wildman–Crippen MR) is 282 cm³/mol. The van der Waals surface area contributed by atoms with Gasteiger partial charge < -0.3 is 53.9 Å². The maximum absolute atomic E-state index is 12.7. The van der Waals surface area contributed by atoms with E-state index in [9.17, 15) is 14.4 Å². The van der Waals surface area contributed by atoms with E-state index in [0.717, 1.165) is 76.3 Å². The topological polar surface area (TPSA) is 232 Å². The highest BCUT2D eigenvalue weighted by molar-refractivity contribution is 5.77. The summed E-state index contributed by atoms with van der Waals surface area (Å²) in [6, 6.07) is 8.80. The summed E-state index contributed by atoms with van der Waals surface area (Å²) < 4.78 is 30.0. The molecule has 10 rings (SSSR count). The Bertz CT molecular complexity index is 2580. The van der Waals surface area contributed by atoms with E-state index in [-0.39, 0.29) is 48.2 Å². The van der Waals surface area contributed by atoms with E-state index in [1.807, 2.05) is 60.7 Å². The number of ether oxygens (including phenoxy) is 5. The molecule has 0 aromatic carbocycles. The SMILES string of the molecule is CCC(=O)N1[C@@H]2CCC[C@H]1CC(N(C)c1nc(Nc3cc(C)[nH]n3)cc(OC3CCOC3)n1)C2.CCC(=O)N1[C@@H]2CCC[C@H]1CC(N(C)c1nc(Nc3cc(C)n(C(=O)OC(C)(C)C)n3)cc(OC3CCOC3)n1)C2. The molecule has 4 aromatic heterocycles. The van der Waals surface area contributed by atoms with Crippen LogP contribution in [-0.2, 0) is 23.8 Å². The van der Waals surface area contributed by atoms with E-state index in [1.54, 1.807) is 19.1 Å². The van der Waals surface area contributed by atoms with Gasteiger partial charge in [-0.25, -0.2) is 4.79 Å². The third kappa shape index (κ3) is 13.0. The van der Waals surface area contributed by atoms with Crippen molar-refractivity contribution < 1.29 is 38.1 Å². The number of amides is 2. The smallest absolute Gasteiger partial charge is 0.435 e. The molecule has 0 saturated carbocycles. The van der Waals surface area contributed by atoms with Crippen LogP contribution in [0.3, 0.4) is 0 Å². The van der Waals surface area contributed by atoms with Crippen LogP contribution in [0.5, 0.6) is 11.8 Å². The van der Waals surface area contributed by atoms with E-state index in [2.05, 4.69) is 52.6 Å². The Hall–Kier alpha value is -6.29. The van der Waals surface area contributed by atoms with E-state index in [1.165, 1.54) is 11.1 Å². The van der Waals surface area contributed by atoms with Crippen LogP contribution < -0.4 is 29.9 Å². The summed E-state index contributed by atoms with van der Waals surface area (Å²) in [5.41, 5.74) is 0.963. The molecule has 10 heterocycles. The molecule has 3 N–H and O–H groups in total. The summed E-state index contributed by atoms with van der Waals surface area (Å²) >= 11 is 0. The first-order chi connectivity index (χ1) is 36.0. The molecule has 22 heteroatoms. The van der Waals surface area contributed by atoms with Gasteiger partial charge in [-0.1, -0.05) is 13.8 Å². The van der Waals surface area contributed by atoms with E-state index >= 15 is 0 Å². The summed E-state index contributed by atoms with van der Waals surface area (Å²) in [4.78, 5) is 65.7. The van der Waals surface area contributed by atoms with Crippen molar-refractivity contribution in [2.45, 2.75) is 192 Å².